The maximum Gasteiger partial charge on any atom is 3.00 e. The average Bonchev–Trinajstić information content (AvgIpc) is 1.58. The fraction of sp³-hybridized carbons (Fsp3) is 0.0562. The van der Waals surface area contributed by atoms with Crippen LogP contribution in [0.15, 0.2) is 296 Å². The third-order valence-electron chi connectivity index (χ3n) is 15.7. The molecule has 1 aliphatic carbocycles. The summed E-state index contributed by atoms with van der Waals surface area (Å²) < 4.78 is 128. The number of nitrogens with one attached hydrogen (secondary N) is 9. The molecule has 18 nitrogen and oxygen atoms in total. The van der Waals surface area contributed by atoms with Crippen molar-refractivity contribution in [3.63, 3.8) is 0 Å². The van der Waals surface area contributed by atoms with E-state index in [0.717, 1.165) is 105 Å². The van der Waals surface area contributed by atoms with E-state index < -0.39 is 58.7 Å². The van der Waals surface area contributed by atoms with Crippen LogP contribution in [0.5, 0.6) is 0 Å². The van der Waals surface area contributed by atoms with Gasteiger partial charge in [-0.25, -0.2) is 0 Å². The molecule has 3 aromatic heterocycles. The molecule has 0 saturated heterocycles. The molecular formula is C89H67F10Ir5N17O-6. The largest absolute Gasteiger partial charge is 3.00 e. The Hall–Kier alpha value is -12.0. The molecule has 9 aromatic carbocycles. The van der Waals surface area contributed by atoms with E-state index in [0.29, 0.717) is 11.6 Å². The zero-order valence-corrected chi connectivity index (χ0v) is 75.4. The van der Waals surface area contributed by atoms with Gasteiger partial charge in [0, 0.05) is 119 Å². The number of fused-ring (bicyclic) bond motifs is 6. The van der Waals surface area contributed by atoms with Gasteiger partial charge in [0.2, 0.25) is 0 Å². The maximum absolute atomic E-state index is 12.8. The van der Waals surface area contributed by atoms with Crippen molar-refractivity contribution in [3.05, 3.63) is 406 Å². The number of amidine groups is 2. The van der Waals surface area contributed by atoms with Crippen molar-refractivity contribution < 1.29 is 149 Å². The zero-order valence-electron chi connectivity index (χ0n) is 63.5. The van der Waals surface area contributed by atoms with Gasteiger partial charge in [-0.1, -0.05) is 176 Å². The van der Waals surface area contributed by atoms with Gasteiger partial charge in [-0.2, -0.15) is 118 Å². The quantitative estimate of drug-likeness (QED) is 0.0166. The van der Waals surface area contributed by atoms with Crippen LogP contribution >= 0.6 is 0 Å². The summed E-state index contributed by atoms with van der Waals surface area (Å²) in [6.45, 7) is 4.50. The van der Waals surface area contributed by atoms with Crippen LogP contribution in [-0.4, -0.2) is 70.8 Å². The first-order chi connectivity index (χ1) is 56.2. The van der Waals surface area contributed by atoms with Gasteiger partial charge in [-0.15, -0.1) is 58.8 Å². The van der Waals surface area contributed by atoms with Crippen LogP contribution < -0.4 is 26.6 Å². The van der Waals surface area contributed by atoms with Crippen LogP contribution in [0.2, 0.25) is 0 Å². The number of alkyl halides is 6. The van der Waals surface area contributed by atoms with Crippen LogP contribution in [0.25, 0.3) is 94.0 Å². The van der Waals surface area contributed by atoms with Crippen molar-refractivity contribution in [2.24, 2.45) is 4.99 Å². The third kappa shape index (κ3) is 33.6. The maximum atomic E-state index is 12.8. The molecule has 9 N–H and O–H groups in total. The number of furan rings is 1. The van der Waals surface area contributed by atoms with Gasteiger partial charge >= 0.3 is 52.6 Å². The number of aromatic nitrogens is 2. The van der Waals surface area contributed by atoms with E-state index in [4.69, 9.17) is 48.3 Å². The Bertz CT molecular complexity index is 5440. The van der Waals surface area contributed by atoms with Crippen LogP contribution in [0, 0.1) is 64.4 Å². The summed E-state index contributed by atoms with van der Waals surface area (Å²) in [5, 5.41) is 72.7. The van der Waals surface area contributed by atoms with Crippen molar-refractivity contribution in [2.75, 3.05) is 26.6 Å². The van der Waals surface area contributed by atoms with Gasteiger partial charge in [0.15, 0.2) is 0 Å². The van der Waals surface area contributed by atoms with E-state index >= 15 is 0 Å². The Balaban J connectivity index is 0.000000484. The van der Waals surface area contributed by atoms with Crippen LogP contribution in [0.3, 0.4) is 0 Å². The second kappa shape index (κ2) is 54.3. The van der Waals surface area contributed by atoms with E-state index in [1.807, 2.05) is 103 Å². The number of hydrogen-bond donors (Lipinski definition) is 7. The number of rotatable bonds is 20. The minimum absolute atomic E-state index is 0. The molecule has 3 radical (unpaired) electrons. The van der Waals surface area contributed by atoms with Crippen molar-refractivity contribution in [1.29, 1.82) is 10.8 Å². The van der Waals surface area contributed by atoms with Crippen molar-refractivity contribution >= 4 is 110 Å². The predicted octanol–water partition coefficient (Wildman–Crippen LogP) is 23.7. The number of allylic oxidation sites excluding steroid dienone is 6. The summed E-state index contributed by atoms with van der Waals surface area (Å²) in [7, 11) is 0. The van der Waals surface area contributed by atoms with Crippen molar-refractivity contribution in [1.82, 2.24) is 9.97 Å². The number of hydrogen-bond acceptors (Lipinski definition) is 10. The van der Waals surface area contributed by atoms with Crippen LogP contribution in [0.1, 0.15) is 41.9 Å². The Labute approximate surface area is 765 Å². The average molecular weight is 2540 g/mol. The third-order valence-corrected chi connectivity index (χ3v) is 15.7. The van der Waals surface area contributed by atoms with Crippen molar-refractivity contribution in [3.8, 4) is 22.3 Å². The Morgan fingerprint density at radius 3 is 1.52 bits per heavy atom. The van der Waals surface area contributed by atoms with Gasteiger partial charge in [-0.05, 0) is 112 Å². The molecule has 1 aliphatic rings. The van der Waals surface area contributed by atoms with E-state index in [1.165, 1.54) is 89.0 Å². The second-order valence-corrected chi connectivity index (χ2v) is 24.0. The molecule has 0 spiro atoms. The molecule has 0 aliphatic heterocycles. The summed E-state index contributed by atoms with van der Waals surface area (Å²) in [6, 6.07) is 77.1. The minimum Gasteiger partial charge on any atom is -0.811 e. The SMILES string of the molecule is CC1(C)c2c[c-]c(N/C=C\C=[N-])cc2-c2ccccc21.N=C(/C=C(\[NH-])c1ccccn1)C(F)(F)F.N=C(N=C([NH-])c1ccccn1)C(F)(F)F.[Ir+3].[Ir+3].[Ir].[Ir].[Ir].[N-]=C/C(=C\Nc1[c-]cc(-c2ccccc2)cc1)c1ccccc1.[N-]=C/C=C\Nc1[c-]cc(F)cc1F.[N-]=C/C=C\Nc1[c-]cc(F)cc1F.[N-]=C/C=C\Nc1[c-]ccc2c1oc1ccccc12. The predicted molar refractivity (Wildman–Crippen MR) is 452 cm³/mol. The number of para-hydroxylation sites is 1. The molecule has 12 aromatic rings. The fourth-order valence-corrected chi connectivity index (χ4v) is 10.2. The number of anilines is 5. The first kappa shape index (κ1) is 106. The minimum atomic E-state index is -4.83. The van der Waals surface area contributed by atoms with Gasteiger partial charge in [0.05, 0.1) is 5.69 Å². The van der Waals surface area contributed by atoms with E-state index in [9.17, 15) is 49.3 Å². The molecule has 122 heavy (non-hydrogen) atoms. The molecule has 0 bridgehead atoms. The van der Waals surface area contributed by atoms with Gasteiger partial charge < -0.3 is 79.9 Å². The first-order valence-corrected chi connectivity index (χ1v) is 34.4. The molecule has 635 valence electrons. The second-order valence-electron chi connectivity index (χ2n) is 24.0. The number of nitrogens with zero attached hydrogens (tertiary/aromatic N) is 8. The van der Waals surface area contributed by atoms with Gasteiger partial charge in [0.25, 0.3) is 0 Å². The van der Waals surface area contributed by atoms with Crippen LogP contribution in [0.4, 0.5) is 72.3 Å². The molecule has 13 rings (SSSR count). The summed E-state index contributed by atoms with van der Waals surface area (Å²) in [5.74, 6) is -5.32. The summed E-state index contributed by atoms with van der Waals surface area (Å²) in [6.07, 6.45) is 11.4. The molecule has 0 saturated carbocycles. The summed E-state index contributed by atoms with van der Waals surface area (Å²) >= 11 is 0. The van der Waals surface area contributed by atoms with Gasteiger partial charge in [0.1, 0.15) is 17.1 Å². The Morgan fingerprint density at radius 1 is 0.492 bits per heavy atom. The smallest absolute Gasteiger partial charge is 0.811 e. The number of benzene rings is 9. The topological polar surface area (TPSA) is 318 Å². The van der Waals surface area contributed by atoms with E-state index in [-0.39, 0.29) is 129 Å². The van der Waals surface area contributed by atoms with Crippen LogP contribution in [-0.2, 0) is 106 Å². The molecule has 33 heteroatoms. The Kier molecular flexibility index (Phi) is 47.3. The van der Waals surface area contributed by atoms with E-state index in [1.54, 1.807) is 42.9 Å². The van der Waals surface area contributed by atoms with Crippen molar-refractivity contribution in [2.45, 2.75) is 31.6 Å². The number of pyridine rings is 2. The first-order valence-electron chi connectivity index (χ1n) is 34.4. The Morgan fingerprint density at radius 2 is 1.00 bits per heavy atom. The molecular weight excluding hydrogens is 2470 g/mol. The van der Waals surface area contributed by atoms with E-state index in [2.05, 4.69) is 134 Å². The van der Waals surface area contributed by atoms with Gasteiger partial charge in [-0.3, -0.25) is 32.9 Å². The summed E-state index contributed by atoms with van der Waals surface area (Å²) in [5.41, 5.74) is 25.9. The normalized spacial score (nSPS) is 11.5. The molecule has 0 unspecified atom stereocenters. The zero-order chi connectivity index (χ0) is 84.8. The standard InChI is InChI=1S/C21H16N2.C18H16N2.C15H10N2O.C9H7F3N3.2C9H6F2N2.C8H6F3N4.5Ir/c22-15-20(18-9-5-2-6-10-18)16-23-21-13-11-19(12-14-21)17-7-3-1-4-8-17;1-18(2)16-7-4-3-6-14(16)15-12-13(8-9-17(15)18)20-11-5-10-19;16-9-4-10-17-13-7-3-6-12-11-5-1-2-8-14(11)18-15(12)13;10-9(11,12)8(14)5-6(13)7-3-1-2-4-15-7;2*10-7-2-3-9(8(11)6-7)13-5-1-4-12;9-8(10,11)7(13)15-6(12)5-3-1-2-4-14-5;;;;;/h1-13,15-16,23H;3-7,9-12,20H,1-2H3;1-6,8-10,17H;1-5,13-14H;2*1-2,4-6,13H;1-4H,(H2-,12,13,15);;;;;/q3*-2;-1;2*-2;-1;;;;2*+3/b20-16+;11-5-;10-4-;6-5-,14-8?;2*5-1-;;;;;;. The number of aliphatic imine (C=N–C) groups is 1. The fourth-order valence-electron chi connectivity index (χ4n) is 10.2. The molecule has 0 amide bonds. The molecule has 3 heterocycles. The number of halogens is 10. The molecule has 0 fully saturated rings. The summed E-state index contributed by atoms with van der Waals surface area (Å²) in [4.78, 5) is 10.1. The molecule has 0 atom stereocenters. The monoisotopic (exact) mass is 2540 g/mol.